The van der Waals surface area contributed by atoms with Crippen LogP contribution in [0, 0.1) is 0 Å². The first-order valence-corrected chi connectivity index (χ1v) is 8.46. The fraction of sp³-hybridized carbons (Fsp3) is 0.190. The monoisotopic (exact) mass is 332 g/mol. The molecule has 4 rings (SSSR count). The van der Waals surface area contributed by atoms with Crippen LogP contribution in [0.15, 0.2) is 54.6 Å². The topological polar surface area (TPSA) is 54.1 Å². The number of hydrogen-bond donors (Lipinski definition) is 2. The van der Waals surface area contributed by atoms with Gasteiger partial charge in [-0.2, -0.15) is 0 Å². The molecule has 0 bridgehead atoms. The molecule has 0 radical (unpaired) electrons. The van der Waals surface area contributed by atoms with Gasteiger partial charge in [0.2, 0.25) is 0 Å². The van der Waals surface area contributed by atoms with Gasteiger partial charge in [0, 0.05) is 24.2 Å². The summed E-state index contributed by atoms with van der Waals surface area (Å²) in [5, 5.41) is 3.43. The second-order valence-corrected chi connectivity index (χ2v) is 6.30. The highest BCUT2D eigenvalue weighted by molar-refractivity contribution is 5.86. The lowest BCUT2D eigenvalue weighted by molar-refractivity contribution is -0.118. The van der Waals surface area contributed by atoms with Crippen molar-refractivity contribution in [3.63, 3.8) is 0 Å². The minimum atomic E-state index is 0.312. The molecule has 0 unspecified atom stereocenters. The number of ketones is 1. The van der Waals surface area contributed by atoms with Crippen LogP contribution in [0.2, 0.25) is 0 Å². The number of benzene rings is 2. The molecule has 2 aromatic carbocycles. The van der Waals surface area contributed by atoms with Crippen LogP contribution < -0.4 is 10.1 Å². The third-order valence-corrected chi connectivity index (χ3v) is 4.68. The Labute approximate surface area is 146 Å². The van der Waals surface area contributed by atoms with E-state index in [1.165, 1.54) is 5.56 Å². The average Bonchev–Trinajstić information content (AvgIpc) is 3.11. The minimum absolute atomic E-state index is 0.312. The number of anilines is 2. The lowest BCUT2D eigenvalue weighted by Crippen LogP contribution is -2.14. The zero-order valence-corrected chi connectivity index (χ0v) is 14.1. The van der Waals surface area contributed by atoms with Crippen molar-refractivity contribution in [2.75, 3.05) is 12.4 Å². The number of aryl methyl sites for hydroxylation is 1. The number of Topliss-reactive ketones (excluding diaryl/α,β-unsaturated/α-hetero) is 1. The molecule has 0 fully saturated rings. The fourth-order valence-corrected chi connectivity index (χ4v) is 3.31. The van der Waals surface area contributed by atoms with Crippen LogP contribution in [0.1, 0.15) is 17.5 Å². The highest BCUT2D eigenvalue weighted by atomic mass is 16.5. The molecule has 0 saturated heterocycles. The van der Waals surface area contributed by atoms with E-state index in [0.717, 1.165) is 40.5 Å². The van der Waals surface area contributed by atoms with Gasteiger partial charge < -0.3 is 15.0 Å². The molecular weight excluding hydrogens is 312 g/mol. The van der Waals surface area contributed by atoms with Crippen molar-refractivity contribution in [3.05, 3.63) is 65.7 Å². The summed E-state index contributed by atoms with van der Waals surface area (Å²) in [5.74, 6) is 2.07. The number of H-pyrrole nitrogens is 1. The van der Waals surface area contributed by atoms with Gasteiger partial charge in [-0.1, -0.05) is 12.1 Å². The number of fused-ring (bicyclic) bond motifs is 1. The third kappa shape index (κ3) is 3.15. The molecular formula is C21H20N2O2. The molecule has 126 valence electrons. The van der Waals surface area contributed by atoms with Gasteiger partial charge in [-0.15, -0.1) is 0 Å². The number of carbonyl (C=O) groups is 1. The highest BCUT2D eigenvalue weighted by Crippen LogP contribution is 2.30. The van der Waals surface area contributed by atoms with Crippen molar-refractivity contribution in [3.8, 4) is 17.0 Å². The first-order chi connectivity index (χ1) is 12.2. The molecule has 0 saturated carbocycles. The van der Waals surface area contributed by atoms with E-state index in [-0.39, 0.29) is 0 Å². The normalized spacial score (nSPS) is 13.4. The van der Waals surface area contributed by atoms with Crippen LogP contribution in [0.3, 0.4) is 0 Å². The molecule has 0 aliphatic heterocycles. The van der Waals surface area contributed by atoms with Gasteiger partial charge in [0.1, 0.15) is 17.4 Å². The molecule has 25 heavy (non-hydrogen) atoms. The molecule has 1 aromatic heterocycles. The molecule has 3 aromatic rings. The number of aromatic nitrogens is 1. The zero-order valence-electron chi connectivity index (χ0n) is 14.1. The molecule has 0 spiro atoms. The zero-order chi connectivity index (χ0) is 17.2. The lowest BCUT2D eigenvalue weighted by Gasteiger charge is -2.19. The van der Waals surface area contributed by atoms with E-state index in [4.69, 9.17) is 4.74 Å². The molecule has 0 amide bonds. The smallest absolute Gasteiger partial charge is 0.137 e. The second-order valence-electron chi connectivity index (χ2n) is 6.30. The van der Waals surface area contributed by atoms with E-state index in [1.54, 1.807) is 7.11 Å². The Morgan fingerprint density at radius 2 is 1.84 bits per heavy atom. The van der Waals surface area contributed by atoms with Crippen molar-refractivity contribution in [1.82, 2.24) is 4.98 Å². The van der Waals surface area contributed by atoms with Gasteiger partial charge in [0.15, 0.2) is 0 Å². The van der Waals surface area contributed by atoms with Gasteiger partial charge in [-0.25, -0.2) is 0 Å². The van der Waals surface area contributed by atoms with Gasteiger partial charge in [-0.05, 0) is 65.6 Å². The third-order valence-electron chi connectivity index (χ3n) is 4.68. The van der Waals surface area contributed by atoms with Crippen molar-refractivity contribution in [1.29, 1.82) is 0 Å². The number of hydrogen-bond acceptors (Lipinski definition) is 3. The molecule has 4 heteroatoms. The molecule has 4 nitrogen and oxygen atoms in total. The predicted molar refractivity (Wildman–Crippen MR) is 99.5 cm³/mol. The van der Waals surface area contributed by atoms with Gasteiger partial charge in [0.05, 0.1) is 7.11 Å². The van der Waals surface area contributed by atoms with Crippen LogP contribution >= 0.6 is 0 Å². The summed E-state index contributed by atoms with van der Waals surface area (Å²) in [7, 11) is 1.66. The highest BCUT2D eigenvalue weighted by Gasteiger charge is 2.18. The maximum Gasteiger partial charge on any atom is 0.137 e. The molecule has 1 aliphatic rings. The quantitative estimate of drug-likeness (QED) is 0.740. The van der Waals surface area contributed by atoms with Crippen LogP contribution in [-0.2, 0) is 17.6 Å². The Morgan fingerprint density at radius 3 is 2.64 bits per heavy atom. The van der Waals surface area contributed by atoms with E-state index >= 15 is 0 Å². The van der Waals surface area contributed by atoms with E-state index in [1.807, 2.05) is 48.5 Å². The Morgan fingerprint density at radius 1 is 1.00 bits per heavy atom. The lowest BCUT2D eigenvalue weighted by atomic mass is 9.89. The number of carbonyl (C=O) groups excluding carboxylic acids is 1. The molecule has 1 aliphatic carbocycles. The Bertz CT molecular complexity index is 910. The number of aromatic amines is 1. The van der Waals surface area contributed by atoms with E-state index < -0.39 is 0 Å². The number of methoxy groups -OCH3 is 1. The number of ether oxygens (including phenoxy) is 1. The summed E-state index contributed by atoms with van der Waals surface area (Å²) in [6.07, 6.45) is 2.01. The summed E-state index contributed by atoms with van der Waals surface area (Å²) in [4.78, 5) is 15.2. The molecule has 1 heterocycles. The first-order valence-electron chi connectivity index (χ1n) is 8.46. The standard InChI is InChI=1S/C21H20N2O2/c1-25-17-9-6-15(7-10-17)19-11-12-21(22-19)23-20-4-2-3-14-5-8-16(24)13-18(14)20/h2-4,6-7,9-12,22-23H,5,8,13H2,1H3. The van der Waals surface area contributed by atoms with Crippen molar-refractivity contribution < 1.29 is 9.53 Å². The summed E-state index contributed by atoms with van der Waals surface area (Å²) in [6.45, 7) is 0. The summed E-state index contributed by atoms with van der Waals surface area (Å²) in [6, 6.07) is 18.2. The average molecular weight is 332 g/mol. The van der Waals surface area contributed by atoms with Gasteiger partial charge >= 0.3 is 0 Å². The largest absolute Gasteiger partial charge is 0.497 e. The van der Waals surface area contributed by atoms with E-state index in [9.17, 15) is 4.79 Å². The minimum Gasteiger partial charge on any atom is -0.497 e. The Balaban J connectivity index is 1.58. The van der Waals surface area contributed by atoms with Crippen molar-refractivity contribution >= 4 is 17.3 Å². The van der Waals surface area contributed by atoms with Crippen molar-refractivity contribution in [2.24, 2.45) is 0 Å². The second kappa shape index (κ2) is 6.48. The Kier molecular flexibility index (Phi) is 4.02. The maximum absolute atomic E-state index is 11.8. The SMILES string of the molecule is COc1ccc(-c2ccc(Nc3cccc4c3CC(=O)CC4)[nH]2)cc1. The number of nitrogens with one attached hydrogen (secondary N) is 2. The van der Waals surface area contributed by atoms with E-state index in [0.29, 0.717) is 18.6 Å². The summed E-state index contributed by atoms with van der Waals surface area (Å²) < 4.78 is 5.20. The fourth-order valence-electron chi connectivity index (χ4n) is 3.31. The van der Waals surface area contributed by atoms with Crippen LogP contribution in [0.5, 0.6) is 5.75 Å². The predicted octanol–water partition coefficient (Wildman–Crippen LogP) is 4.49. The van der Waals surface area contributed by atoms with E-state index in [2.05, 4.69) is 16.4 Å². The summed E-state index contributed by atoms with van der Waals surface area (Å²) in [5.41, 5.74) is 5.53. The maximum atomic E-state index is 11.8. The molecule has 2 N–H and O–H groups in total. The summed E-state index contributed by atoms with van der Waals surface area (Å²) >= 11 is 0. The van der Waals surface area contributed by atoms with Crippen molar-refractivity contribution in [2.45, 2.75) is 19.3 Å². The van der Waals surface area contributed by atoms with Crippen LogP contribution in [0.4, 0.5) is 11.5 Å². The van der Waals surface area contributed by atoms with Gasteiger partial charge in [-0.3, -0.25) is 4.79 Å². The first kappa shape index (κ1) is 15.5. The van der Waals surface area contributed by atoms with Crippen LogP contribution in [-0.4, -0.2) is 17.9 Å². The number of rotatable bonds is 4. The molecule has 0 atom stereocenters. The van der Waals surface area contributed by atoms with Crippen LogP contribution in [0.25, 0.3) is 11.3 Å². The van der Waals surface area contributed by atoms with Gasteiger partial charge in [0.25, 0.3) is 0 Å². The Hall–Kier alpha value is -3.01.